The van der Waals surface area contributed by atoms with E-state index in [0.29, 0.717) is 16.7 Å². The number of methoxy groups -OCH3 is 1. The summed E-state index contributed by atoms with van der Waals surface area (Å²) in [5, 5.41) is 0. The summed E-state index contributed by atoms with van der Waals surface area (Å²) in [4.78, 5) is 16.2. The molecule has 94 valence electrons. The number of hydrogen-bond acceptors (Lipinski definition) is 3. The minimum atomic E-state index is -0.0784. The van der Waals surface area contributed by atoms with Crippen molar-refractivity contribution in [2.75, 3.05) is 7.11 Å². The van der Waals surface area contributed by atoms with Crippen LogP contribution in [0.4, 0.5) is 0 Å². The molecule has 0 fully saturated rings. The van der Waals surface area contributed by atoms with Crippen LogP contribution in [-0.2, 0) is 6.54 Å². The number of halogens is 1. The molecule has 18 heavy (non-hydrogen) atoms. The van der Waals surface area contributed by atoms with Gasteiger partial charge in [0.15, 0.2) is 0 Å². The summed E-state index contributed by atoms with van der Waals surface area (Å²) in [7, 11) is 1.62. The quantitative estimate of drug-likeness (QED) is 0.874. The molecule has 0 N–H and O–H groups in total. The van der Waals surface area contributed by atoms with Gasteiger partial charge in [-0.05, 0) is 40.5 Å². The van der Waals surface area contributed by atoms with Gasteiger partial charge in [0.1, 0.15) is 10.2 Å². The highest BCUT2D eigenvalue weighted by molar-refractivity contribution is 9.10. The van der Waals surface area contributed by atoms with Gasteiger partial charge in [-0.1, -0.05) is 12.1 Å². The molecular formula is C13H13BrN2O2. The van der Waals surface area contributed by atoms with E-state index in [1.807, 2.05) is 24.3 Å². The van der Waals surface area contributed by atoms with E-state index in [2.05, 4.69) is 20.9 Å². The van der Waals surface area contributed by atoms with E-state index < -0.39 is 0 Å². The van der Waals surface area contributed by atoms with Gasteiger partial charge in [-0.3, -0.25) is 9.36 Å². The van der Waals surface area contributed by atoms with E-state index in [0.717, 1.165) is 11.3 Å². The predicted molar refractivity (Wildman–Crippen MR) is 73.0 cm³/mol. The molecule has 1 aromatic heterocycles. The number of benzene rings is 1. The van der Waals surface area contributed by atoms with Crippen molar-refractivity contribution in [3.63, 3.8) is 0 Å². The first-order chi connectivity index (χ1) is 8.61. The lowest BCUT2D eigenvalue weighted by Crippen LogP contribution is -2.22. The molecule has 0 aliphatic carbocycles. The van der Waals surface area contributed by atoms with Crippen LogP contribution in [0.1, 0.15) is 11.3 Å². The van der Waals surface area contributed by atoms with Crippen molar-refractivity contribution < 1.29 is 4.74 Å². The lowest BCUT2D eigenvalue weighted by Gasteiger charge is -2.08. The van der Waals surface area contributed by atoms with Gasteiger partial charge >= 0.3 is 0 Å². The van der Waals surface area contributed by atoms with Crippen LogP contribution in [0, 0.1) is 6.92 Å². The molecule has 5 heteroatoms. The maximum atomic E-state index is 12.0. The van der Waals surface area contributed by atoms with Crippen LogP contribution in [0.15, 0.2) is 39.9 Å². The second kappa shape index (κ2) is 5.35. The van der Waals surface area contributed by atoms with Gasteiger partial charge in [-0.25, -0.2) is 4.98 Å². The second-order valence-electron chi connectivity index (χ2n) is 3.93. The van der Waals surface area contributed by atoms with Gasteiger partial charge < -0.3 is 4.74 Å². The summed E-state index contributed by atoms with van der Waals surface area (Å²) in [6, 6.07) is 7.62. The lowest BCUT2D eigenvalue weighted by molar-refractivity contribution is 0.414. The Kier molecular flexibility index (Phi) is 3.81. The average molecular weight is 309 g/mol. The zero-order valence-corrected chi connectivity index (χ0v) is 11.8. The molecular weight excluding hydrogens is 296 g/mol. The fourth-order valence-electron chi connectivity index (χ4n) is 1.63. The number of aromatic nitrogens is 2. The van der Waals surface area contributed by atoms with E-state index >= 15 is 0 Å². The summed E-state index contributed by atoms with van der Waals surface area (Å²) < 4.78 is 7.22. The predicted octanol–water partition coefficient (Wildman–Crippen LogP) is 2.37. The molecule has 0 aliphatic rings. The maximum Gasteiger partial charge on any atom is 0.268 e. The van der Waals surface area contributed by atoms with Crippen molar-refractivity contribution in [2.45, 2.75) is 13.5 Å². The van der Waals surface area contributed by atoms with Gasteiger partial charge in [0.05, 0.1) is 25.7 Å². The molecule has 0 radical (unpaired) electrons. The van der Waals surface area contributed by atoms with Crippen molar-refractivity contribution >= 4 is 15.9 Å². The van der Waals surface area contributed by atoms with Gasteiger partial charge in [0, 0.05) is 0 Å². The Balaban J connectivity index is 2.34. The summed E-state index contributed by atoms with van der Waals surface area (Å²) in [5.41, 5.74) is 1.61. The molecule has 4 nitrogen and oxygen atoms in total. The molecule has 1 heterocycles. The van der Waals surface area contributed by atoms with Crippen molar-refractivity contribution in [1.82, 2.24) is 9.55 Å². The molecule has 0 bridgehead atoms. The first kappa shape index (κ1) is 12.8. The van der Waals surface area contributed by atoms with E-state index in [1.54, 1.807) is 24.9 Å². The summed E-state index contributed by atoms with van der Waals surface area (Å²) in [6.45, 7) is 2.27. The number of nitrogens with zero attached hydrogens (tertiary/aromatic N) is 2. The molecule has 0 unspecified atom stereocenters. The third kappa shape index (κ3) is 2.61. The Morgan fingerprint density at radius 1 is 1.44 bits per heavy atom. The Morgan fingerprint density at radius 2 is 2.22 bits per heavy atom. The van der Waals surface area contributed by atoms with Gasteiger partial charge in [0.2, 0.25) is 0 Å². The van der Waals surface area contributed by atoms with E-state index in [-0.39, 0.29) is 5.56 Å². The van der Waals surface area contributed by atoms with Crippen molar-refractivity contribution in [2.24, 2.45) is 0 Å². The van der Waals surface area contributed by atoms with E-state index in [9.17, 15) is 4.79 Å². The SMILES string of the molecule is COc1cccc(Cn2cnc(C)c(Br)c2=O)c1. The highest BCUT2D eigenvalue weighted by Gasteiger charge is 2.06. The number of rotatable bonds is 3. The first-order valence-electron chi connectivity index (χ1n) is 5.46. The van der Waals surface area contributed by atoms with Gasteiger partial charge in [0.25, 0.3) is 5.56 Å². The van der Waals surface area contributed by atoms with Crippen molar-refractivity contribution in [3.8, 4) is 5.75 Å². The number of hydrogen-bond donors (Lipinski definition) is 0. The van der Waals surface area contributed by atoms with E-state index in [1.165, 1.54) is 0 Å². The fraction of sp³-hybridized carbons (Fsp3) is 0.231. The highest BCUT2D eigenvalue weighted by Crippen LogP contribution is 2.13. The Hall–Kier alpha value is -1.62. The fourth-order valence-corrected chi connectivity index (χ4v) is 1.96. The lowest BCUT2D eigenvalue weighted by atomic mass is 10.2. The van der Waals surface area contributed by atoms with Crippen molar-refractivity contribution in [3.05, 3.63) is 56.7 Å². The van der Waals surface area contributed by atoms with Crippen molar-refractivity contribution in [1.29, 1.82) is 0 Å². The zero-order valence-electron chi connectivity index (χ0n) is 10.2. The molecule has 0 saturated carbocycles. The van der Waals surface area contributed by atoms with Crippen LogP contribution in [0.25, 0.3) is 0 Å². The molecule has 2 rings (SSSR count). The Bertz CT molecular complexity index is 623. The minimum absolute atomic E-state index is 0.0784. The topological polar surface area (TPSA) is 44.1 Å². The molecule has 0 atom stereocenters. The Labute approximate surface area is 113 Å². The minimum Gasteiger partial charge on any atom is -0.497 e. The van der Waals surface area contributed by atoms with Gasteiger partial charge in [-0.2, -0.15) is 0 Å². The molecule has 0 saturated heterocycles. The standard InChI is InChI=1S/C13H13BrN2O2/c1-9-12(14)13(17)16(8-15-9)7-10-4-3-5-11(6-10)18-2/h3-6,8H,7H2,1-2H3. The average Bonchev–Trinajstić information content (AvgIpc) is 2.40. The highest BCUT2D eigenvalue weighted by atomic mass is 79.9. The number of aryl methyl sites for hydroxylation is 1. The van der Waals surface area contributed by atoms with E-state index in [4.69, 9.17) is 4.74 Å². The van der Waals surface area contributed by atoms with Gasteiger partial charge in [-0.15, -0.1) is 0 Å². The normalized spacial score (nSPS) is 10.4. The monoisotopic (exact) mass is 308 g/mol. The summed E-state index contributed by atoms with van der Waals surface area (Å²) >= 11 is 3.25. The summed E-state index contributed by atoms with van der Waals surface area (Å²) in [5.74, 6) is 0.777. The van der Waals surface area contributed by atoms with Crippen LogP contribution in [0.2, 0.25) is 0 Å². The molecule has 0 aliphatic heterocycles. The second-order valence-corrected chi connectivity index (χ2v) is 4.72. The molecule has 0 spiro atoms. The first-order valence-corrected chi connectivity index (χ1v) is 6.25. The van der Waals surface area contributed by atoms with Crippen LogP contribution >= 0.6 is 15.9 Å². The maximum absolute atomic E-state index is 12.0. The molecule has 0 amide bonds. The zero-order chi connectivity index (χ0) is 13.1. The van der Waals surface area contributed by atoms with Crippen LogP contribution in [0.5, 0.6) is 5.75 Å². The summed E-state index contributed by atoms with van der Waals surface area (Å²) in [6.07, 6.45) is 1.56. The molecule has 1 aromatic carbocycles. The van der Waals surface area contributed by atoms with Crippen LogP contribution in [0.3, 0.4) is 0 Å². The third-order valence-electron chi connectivity index (χ3n) is 2.64. The third-order valence-corrected chi connectivity index (χ3v) is 3.56. The molecule has 2 aromatic rings. The van der Waals surface area contributed by atoms with Crippen LogP contribution in [-0.4, -0.2) is 16.7 Å². The van der Waals surface area contributed by atoms with Crippen LogP contribution < -0.4 is 10.3 Å². The Morgan fingerprint density at radius 3 is 2.94 bits per heavy atom. The smallest absolute Gasteiger partial charge is 0.268 e. The number of ether oxygens (including phenoxy) is 1. The largest absolute Gasteiger partial charge is 0.497 e.